The topological polar surface area (TPSA) is 80.1 Å². The largest absolute Gasteiger partial charge is 0.491 e. The summed E-state index contributed by atoms with van der Waals surface area (Å²) >= 11 is 0. The maximum absolute atomic E-state index is 13.2. The van der Waals surface area contributed by atoms with Gasteiger partial charge in [0.25, 0.3) is 5.91 Å². The molecule has 1 aromatic carbocycles. The van der Waals surface area contributed by atoms with E-state index in [0.29, 0.717) is 24.5 Å². The zero-order valence-electron chi connectivity index (χ0n) is 18.8. The fraction of sp³-hybridized carbons (Fsp3) is 0.458. The summed E-state index contributed by atoms with van der Waals surface area (Å²) in [5, 5.41) is 0. The fourth-order valence-corrected chi connectivity index (χ4v) is 3.89. The number of hydrogen-bond donors (Lipinski definition) is 0. The zero-order chi connectivity index (χ0) is 22.7. The second kappa shape index (κ2) is 9.47. The summed E-state index contributed by atoms with van der Waals surface area (Å²) in [6, 6.07) is 9.81. The minimum Gasteiger partial charge on any atom is -0.491 e. The Bertz CT molecular complexity index is 945. The Kier molecular flexibility index (Phi) is 6.95. The number of furan rings is 1. The Hall–Kier alpha value is -2.93. The lowest BCUT2D eigenvalue weighted by atomic mass is 9.88. The van der Waals surface area contributed by atoms with Crippen molar-refractivity contribution in [3.05, 3.63) is 53.5 Å². The van der Waals surface area contributed by atoms with Crippen LogP contribution in [0.5, 0.6) is 5.75 Å². The summed E-state index contributed by atoms with van der Waals surface area (Å²) in [5.74, 6) is -1.52. The first-order chi connectivity index (χ1) is 14.7. The molecule has 0 spiro atoms. The van der Waals surface area contributed by atoms with E-state index < -0.39 is 29.4 Å². The van der Waals surface area contributed by atoms with Gasteiger partial charge in [-0.05, 0) is 77.7 Å². The van der Waals surface area contributed by atoms with Crippen LogP contribution in [-0.4, -0.2) is 60.6 Å². The summed E-state index contributed by atoms with van der Waals surface area (Å²) in [4.78, 5) is 42.6. The molecule has 0 aliphatic carbocycles. The summed E-state index contributed by atoms with van der Waals surface area (Å²) in [5.41, 5.74) is 0.724. The summed E-state index contributed by atoms with van der Waals surface area (Å²) in [6.45, 7) is 6.76. The van der Waals surface area contributed by atoms with Gasteiger partial charge in [-0.25, -0.2) is 0 Å². The van der Waals surface area contributed by atoms with E-state index in [1.54, 1.807) is 31.2 Å². The molecule has 2 aromatic rings. The van der Waals surface area contributed by atoms with E-state index in [-0.39, 0.29) is 11.9 Å². The average molecular weight is 427 g/mol. The van der Waals surface area contributed by atoms with E-state index in [2.05, 4.69) is 0 Å². The van der Waals surface area contributed by atoms with E-state index in [9.17, 15) is 14.4 Å². The first-order valence-corrected chi connectivity index (χ1v) is 10.6. The van der Waals surface area contributed by atoms with E-state index in [1.165, 1.54) is 4.90 Å². The molecule has 2 unspecified atom stereocenters. The standard InChI is InChI=1S/C24H30N2O5/c1-15(2)30-18-10-8-17(9-11-18)21-20(22(27)19-12-7-16(3)31-19)23(28)24(29)26(21)14-6-13-25(4)5/h7-12,15,20-21H,6,13-14H2,1-5H3. The number of ether oxygens (including phenoxy) is 1. The molecule has 2 heterocycles. The van der Waals surface area contributed by atoms with E-state index in [1.807, 2.05) is 45.0 Å². The lowest BCUT2D eigenvalue weighted by Gasteiger charge is -2.27. The van der Waals surface area contributed by atoms with Crippen LogP contribution >= 0.6 is 0 Å². The SMILES string of the molecule is Cc1ccc(C(=O)C2C(=O)C(=O)N(CCCN(C)C)C2c2ccc(OC(C)C)cc2)o1. The van der Waals surface area contributed by atoms with Crippen LogP contribution in [0.3, 0.4) is 0 Å². The van der Waals surface area contributed by atoms with Gasteiger partial charge >= 0.3 is 0 Å². The average Bonchev–Trinajstić information content (AvgIpc) is 3.24. The number of aryl methyl sites for hydroxylation is 1. The number of benzene rings is 1. The highest BCUT2D eigenvalue weighted by Gasteiger charge is 2.52. The molecule has 1 amide bonds. The van der Waals surface area contributed by atoms with Crippen LogP contribution in [-0.2, 0) is 9.59 Å². The Morgan fingerprint density at radius 3 is 2.35 bits per heavy atom. The highest BCUT2D eigenvalue weighted by atomic mass is 16.5. The van der Waals surface area contributed by atoms with Gasteiger partial charge in [0, 0.05) is 6.54 Å². The van der Waals surface area contributed by atoms with Crippen molar-refractivity contribution in [2.24, 2.45) is 5.92 Å². The maximum atomic E-state index is 13.2. The van der Waals surface area contributed by atoms with Gasteiger partial charge in [0.15, 0.2) is 5.76 Å². The fourth-order valence-electron chi connectivity index (χ4n) is 3.89. The van der Waals surface area contributed by atoms with Crippen LogP contribution in [0.4, 0.5) is 0 Å². The number of likely N-dealkylation sites (tertiary alicyclic amines) is 1. The number of hydrogen-bond acceptors (Lipinski definition) is 6. The van der Waals surface area contributed by atoms with Gasteiger partial charge in [-0.1, -0.05) is 12.1 Å². The number of carbonyl (C=O) groups excluding carboxylic acids is 3. The Morgan fingerprint density at radius 1 is 1.13 bits per heavy atom. The molecule has 0 radical (unpaired) electrons. The normalized spacial score (nSPS) is 19.0. The third kappa shape index (κ3) is 5.05. The third-order valence-electron chi connectivity index (χ3n) is 5.27. The molecule has 7 nitrogen and oxygen atoms in total. The molecule has 1 aliphatic rings. The van der Waals surface area contributed by atoms with Crippen LogP contribution in [0, 0.1) is 12.8 Å². The molecular weight excluding hydrogens is 396 g/mol. The molecule has 166 valence electrons. The van der Waals surface area contributed by atoms with Crippen LogP contribution < -0.4 is 4.74 Å². The molecule has 1 fully saturated rings. The van der Waals surface area contributed by atoms with Crippen molar-refractivity contribution in [3.8, 4) is 5.75 Å². The first-order valence-electron chi connectivity index (χ1n) is 10.6. The molecule has 0 N–H and O–H groups in total. The number of rotatable bonds is 9. The molecule has 1 aliphatic heterocycles. The lowest BCUT2D eigenvalue weighted by Crippen LogP contribution is -2.33. The highest BCUT2D eigenvalue weighted by Crippen LogP contribution is 2.39. The Balaban J connectivity index is 1.96. The Morgan fingerprint density at radius 2 is 1.81 bits per heavy atom. The number of ketones is 2. The van der Waals surface area contributed by atoms with Crippen molar-refractivity contribution < 1.29 is 23.5 Å². The molecule has 1 aromatic heterocycles. The lowest BCUT2D eigenvalue weighted by molar-refractivity contribution is -0.140. The number of carbonyl (C=O) groups is 3. The van der Waals surface area contributed by atoms with Crippen molar-refractivity contribution in [3.63, 3.8) is 0 Å². The van der Waals surface area contributed by atoms with Crippen molar-refractivity contribution in [1.29, 1.82) is 0 Å². The van der Waals surface area contributed by atoms with Crippen molar-refractivity contribution in [2.45, 2.75) is 39.3 Å². The first kappa shape index (κ1) is 22.7. The van der Waals surface area contributed by atoms with E-state index in [0.717, 1.165) is 12.1 Å². The second-order valence-electron chi connectivity index (χ2n) is 8.45. The van der Waals surface area contributed by atoms with Gasteiger partial charge in [-0.2, -0.15) is 0 Å². The van der Waals surface area contributed by atoms with Crippen molar-refractivity contribution in [1.82, 2.24) is 9.80 Å². The van der Waals surface area contributed by atoms with Crippen molar-refractivity contribution in [2.75, 3.05) is 27.2 Å². The molecule has 31 heavy (non-hydrogen) atoms. The summed E-state index contributed by atoms with van der Waals surface area (Å²) < 4.78 is 11.2. The van der Waals surface area contributed by atoms with Crippen LogP contribution in [0.15, 0.2) is 40.8 Å². The monoisotopic (exact) mass is 426 g/mol. The quantitative estimate of drug-likeness (QED) is 0.348. The molecular formula is C24H30N2O5. The van der Waals surface area contributed by atoms with Gasteiger partial charge < -0.3 is 19.0 Å². The van der Waals surface area contributed by atoms with Gasteiger partial charge in [-0.3, -0.25) is 14.4 Å². The van der Waals surface area contributed by atoms with Crippen LogP contribution in [0.2, 0.25) is 0 Å². The third-order valence-corrected chi connectivity index (χ3v) is 5.27. The smallest absolute Gasteiger partial charge is 0.291 e. The molecule has 3 rings (SSSR count). The van der Waals surface area contributed by atoms with Gasteiger partial charge in [-0.15, -0.1) is 0 Å². The van der Waals surface area contributed by atoms with Gasteiger partial charge in [0.1, 0.15) is 17.4 Å². The molecule has 0 saturated carbocycles. The minimum absolute atomic E-state index is 0.0273. The molecule has 1 saturated heterocycles. The summed E-state index contributed by atoms with van der Waals surface area (Å²) in [7, 11) is 3.90. The predicted octanol–water partition coefficient (Wildman–Crippen LogP) is 3.28. The minimum atomic E-state index is -1.13. The number of Topliss-reactive ketones (excluding diaryl/α,β-unsaturated/α-hetero) is 2. The predicted molar refractivity (Wildman–Crippen MR) is 116 cm³/mol. The summed E-state index contributed by atoms with van der Waals surface area (Å²) in [6.07, 6.45) is 0.720. The van der Waals surface area contributed by atoms with Crippen molar-refractivity contribution >= 4 is 17.5 Å². The number of amides is 1. The molecule has 0 bridgehead atoms. The van der Waals surface area contributed by atoms with Gasteiger partial charge in [0.05, 0.1) is 12.1 Å². The van der Waals surface area contributed by atoms with Crippen LogP contribution in [0.25, 0.3) is 0 Å². The van der Waals surface area contributed by atoms with Gasteiger partial charge in [0.2, 0.25) is 11.6 Å². The second-order valence-corrected chi connectivity index (χ2v) is 8.45. The maximum Gasteiger partial charge on any atom is 0.291 e. The Labute approximate surface area is 183 Å². The zero-order valence-corrected chi connectivity index (χ0v) is 18.8. The van der Waals surface area contributed by atoms with E-state index >= 15 is 0 Å². The molecule has 2 atom stereocenters. The molecule has 7 heteroatoms. The number of nitrogens with zero attached hydrogens (tertiary/aromatic N) is 2. The van der Waals surface area contributed by atoms with Crippen LogP contribution in [0.1, 0.15) is 48.2 Å². The van der Waals surface area contributed by atoms with E-state index in [4.69, 9.17) is 9.15 Å². The highest BCUT2D eigenvalue weighted by molar-refractivity contribution is 6.43.